The molecule has 3 rings (SSSR count). The zero-order chi connectivity index (χ0) is 19.2. The second-order valence-corrected chi connectivity index (χ2v) is 7.79. The highest BCUT2D eigenvalue weighted by Crippen LogP contribution is 2.28. The van der Waals surface area contributed by atoms with E-state index in [1.807, 2.05) is 55.5 Å². The van der Waals surface area contributed by atoms with Crippen molar-refractivity contribution in [1.82, 2.24) is 15.2 Å². The molecule has 0 unspecified atom stereocenters. The minimum atomic E-state index is -0.311. The minimum Gasteiger partial charge on any atom is -0.325 e. The summed E-state index contributed by atoms with van der Waals surface area (Å²) in [5.74, 6) is 1.04. The number of H-pyrrole nitrogens is 1. The average Bonchev–Trinajstić information content (AvgIpc) is 3.17. The van der Waals surface area contributed by atoms with Crippen molar-refractivity contribution in [2.45, 2.75) is 43.5 Å². The van der Waals surface area contributed by atoms with Crippen molar-refractivity contribution in [2.24, 2.45) is 0 Å². The molecule has 0 aliphatic rings. The first-order valence-corrected chi connectivity index (χ1v) is 10.0. The number of anilines is 1. The van der Waals surface area contributed by atoms with E-state index < -0.39 is 0 Å². The summed E-state index contributed by atoms with van der Waals surface area (Å²) in [7, 11) is 0. The quantitative estimate of drug-likeness (QED) is 0.559. The molecular formula is C21H24N4OS. The third kappa shape index (κ3) is 4.77. The topological polar surface area (TPSA) is 70.7 Å². The van der Waals surface area contributed by atoms with Crippen LogP contribution in [0.15, 0.2) is 59.8 Å². The van der Waals surface area contributed by atoms with Gasteiger partial charge in [-0.15, -0.1) is 5.10 Å². The van der Waals surface area contributed by atoms with Crippen LogP contribution in [-0.4, -0.2) is 26.3 Å². The third-order valence-electron chi connectivity index (χ3n) is 4.53. The van der Waals surface area contributed by atoms with Crippen molar-refractivity contribution in [1.29, 1.82) is 0 Å². The summed E-state index contributed by atoms with van der Waals surface area (Å²) in [6.45, 7) is 6.18. The average molecular weight is 381 g/mol. The number of thioether (sulfide) groups is 1. The fourth-order valence-electron chi connectivity index (χ4n) is 2.73. The van der Waals surface area contributed by atoms with Gasteiger partial charge in [0.2, 0.25) is 11.1 Å². The maximum Gasteiger partial charge on any atom is 0.237 e. The van der Waals surface area contributed by atoms with Crippen LogP contribution in [0.4, 0.5) is 5.69 Å². The first-order valence-electron chi connectivity index (χ1n) is 9.12. The number of nitrogens with zero attached hydrogens (tertiary/aromatic N) is 2. The summed E-state index contributed by atoms with van der Waals surface area (Å²) in [6, 6.07) is 17.8. The Balaban J connectivity index is 1.66. The zero-order valence-electron chi connectivity index (χ0n) is 15.8. The fourth-order valence-corrected chi connectivity index (χ4v) is 3.46. The van der Waals surface area contributed by atoms with Crippen molar-refractivity contribution >= 4 is 23.4 Å². The predicted molar refractivity (Wildman–Crippen MR) is 111 cm³/mol. The zero-order valence-corrected chi connectivity index (χ0v) is 16.6. The number of aromatic amines is 1. The first kappa shape index (κ1) is 19.2. The maximum atomic E-state index is 12.7. The Morgan fingerprint density at radius 3 is 2.56 bits per heavy atom. The molecule has 5 nitrogen and oxygen atoms in total. The number of carbonyl (C=O) groups is 1. The summed E-state index contributed by atoms with van der Waals surface area (Å²) in [4.78, 5) is 17.1. The molecule has 2 aromatic carbocycles. The van der Waals surface area contributed by atoms with E-state index in [4.69, 9.17) is 0 Å². The van der Waals surface area contributed by atoms with Crippen LogP contribution in [0.3, 0.4) is 0 Å². The number of rotatable bonds is 7. The first-order chi connectivity index (χ1) is 13.1. The molecule has 1 heterocycles. The lowest BCUT2D eigenvalue weighted by atomic mass is 9.97. The Kier molecular flexibility index (Phi) is 6.29. The smallest absolute Gasteiger partial charge is 0.237 e. The van der Waals surface area contributed by atoms with Gasteiger partial charge in [-0.1, -0.05) is 74.1 Å². The predicted octanol–water partition coefficient (Wildman–Crippen LogP) is 5.10. The number of hydrogen-bond donors (Lipinski definition) is 2. The molecule has 140 valence electrons. The summed E-state index contributed by atoms with van der Waals surface area (Å²) in [6.07, 6.45) is 1.02. The van der Waals surface area contributed by atoms with Crippen LogP contribution in [0.1, 0.15) is 38.7 Å². The van der Waals surface area contributed by atoms with E-state index in [0.717, 1.165) is 23.2 Å². The Labute approximate surface area is 164 Å². The van der Waals surface area contributed by atoms with Crippen molar-refractivity contribution in [2.75, 3.05) is 5.32 Å². The molecule has 0 bridgehead atoms. The van der Waals surface area contributed by atoms with Crippen LogP contribution >= 0.6 is 11.8 Å². The summed E-state index contributed by atoms with van der Waals surface area (Å²) >= 11 is 1.34. The maximum absolute atomic E-state index is 12.7. The van der Waals surface area contributed by atoms with E-state index in [0.29, 0.717) is 16.9 Å². The largest absolute Gasteiger partial charge is 0.325 e. The minimum absolute atomic E-state index is 0.0539. The fraction of sp³-hybridized carbons (Fsp3) is 0.286. The second-order valence-electron chi connectivity index (χ2n) is 6.48. The highest BCUT2D eigenvalue weighted by molar-refractivity contribution is 8.00. The molecule has 0 spiro atoms. The van der Waals surface area contributed by atoms with Gasteiger partial charge in [-0.25, -0.2) is 4.98 Å². The van der Waals surface area contributed by atoms with Crippen LogP contribution in [0.25, 0.3) is 11.4 Å². The van der Waals surface area contributed by atoms with Gasteiger partial charge < -0.3 is 5.32 Å². The Bertz CT molecular complexity index is 894. The lowest BCUT2D eigenvalue weighted by molar-refractivity contribution is -0.115. The van der Waals surface area contributed by atoms with Crippen LogP contribution < -0.4 is 5.32 Å². The van der Waals surface area contributed by atoms with Crippen molar-refractivity contribution in [3.8, 4) is 11.4 Å². The molecule has 1 amide bonds. The molecule has 6 heteroatoms. The number of nitrogens with one attached hydrogen (secondary N) is 2. The Morgan fingerprint density at radius 2 is 1.81 bits per heavy atom. The van der Waals surface area contributed by atoms with E-state index in [2.05, 4.69) is 40.4 Å². The van der Waals surface area contributed by atoms with Gasteiger partial charge in [0.05, 0.1) is 5.25 Å². The number of para-hydroxylation sites is 1. The monoisotopic (exact) mass is 380 g/mol. The molecule has 0 aliphatic heterocycles. The molecule has 2 N–H and O–H groups in total. The van der Waals surface area contributed by atoms with E-state index in [9.17, 15) is 4.79 Å². The molecule has 0 fully saturated rings. The van der Waals surface area contributed by atoms with Gasteiger partial charge in [-0.3, -0.25) is 9.89 Å². The number of amides is 1. The normalized spacial score (nSPS) is 13.1. The van der Waals surface area contributed by atoms with Crippen LogP contribution in [0.5, 0.6) is 0 Å². The summed E-state index contributed by atoms with van der Waals surface area (Å²) in [5.41, 5.74) is 3.01. The molecule has 0 radical (unpaired) electrons. The molecule has 0 saturated heterocycles. The molecular weight excluding hydrogens is 356 g/mol. The van der Waals surface area contributed by atoms with Crippen LogP contribution in [0.2, 0.25) is 0 Å². The van der Waals surface area contributed by atoms with Crippen molar-refractivity contribution in [3.05, 3.63) is 60.2 Å². The van der Waals surface area contributed by atoms with Gasteiger partial charge in [-0.05, 0) is 30.9 Å². The van der Waals surface area contributed by atoms with E-state index >= 15 is 0 Å². The van der Waals surface area contributed by atoms with E-state index in [-0.39, 0.29) is 11.2 Å². The molecule has 2 atom stereocenters. The Morgan fingerprint density at radius 1 is 1.11 bits per heavy atom. The SMILES string of the molecule is CC[C@@H](C)c1ccccc1NC(=O)[C@@H](C)Sc1n[nH]c(-c2ccccc2)n1. The Hall–Kier alpha value is -2.60. The lowest BCUT2D eigenvalue weighted by Gasteiger charge is -2.17. The van der Waals surface area contributed by atoms with Crippen molar-refractivity contribution in [3.63, 3.8) is 0 Å². The summed E-state index contributed by atoms with van der Waals surface area (Å²) in [5, 5.41) is 10.5. The third-order valence-corrected chi connectivity index (χ3v) is 5.49. The number of hydrogen-bond acceptors (Lipinski definition) is 4. The van der Waals surface area contributed by atoms with Gasteiger partial charge in [0.1, 0.15) is 0 Å². The molecule has 27 heavy (non-hydrogen) atoms. The molecule has 0 saturated carbocycles. The number of benzene rings is 2. The van der Waals surface area contributed by atoms with Gasteiger partial charge in [0, 0.05) is 11.3 Å². The molecule has 0 aliphatic carbocycles. The van der Waals surface area contributed by atoms with Crippen LogP contribution in [-0.2, 0) is 4.79 Å². The van der Waals surface area contributed by atoms with Gasteiger partial charge in [-0.2, -0.15) is 0 Å². The van der Waals surface area contributed by atoms with Gasteiger partial charge >= 0.3 is 0 Å². The number of aromatic nitrogens is 3. The molecule has 1 aromatic heterocycles. The second kappa shape index (κ2) is 8.86. The van der Waals surface area contributed by atoms with E-state index in [1.165, 1.54) is 11.8 Å². The van der Waals surface area contributed by atoms with Crippen molar-refractivity contribution < 1.29 is 4.79 Å². The van der Waals surface area contributed by atoms with E-state index in [1.54, 1.807) is 0 Å². The standard InChI is InChI=1S/C21H24N4OS/c1-4-14(2)17-12-8-9-13-18(17)22-20(26)15(3)27-21-23-19(24-25-21)16-10-6-5-7-11-16/h5-15H,4H2,1-3H3,(H,22,26)(H,23,24,25)/t14-,15-/m1/s1. The highest BCUT2D eigenvalue weighted by atomic mass is 32.2. The highest BCUT2D eigenvalue weighted by Gasteiger charge is 2.19. The lowest BCUT2D eigenvalue weighted by Crippen LogP contribution is -2.23. The number of carbonyl (C=O) groups excluding carboxylic acids is 1. The van der Waals surface area contributed by atoms with Gasteiger partial charge in [0.25, 0.3) is 0 Å². The molecule has 3 aromatic rings. The van der Waals surface area contributed by atoms with Crippen LogP contribution in [0, 0.1) is 0 Å². The summed E-state index contributed by atoms with van der Waals surface area (Å²) < 4.78 is 0. The van der Waals surface area contributed by atoms with Gasteiger partial charge in [0.15, 0.2) is 5.82 Å².